The van der Waals surface area contributed by atoms with E-state index in [1.165, 1.54) is 4.90 Å². The molecule has 2 saturated heterocycles. The van der Waals surface area contributed by atoms with Gasteiger partial charge in [0.2, 0.25) is 17.6 Å². The maximum atomic E-state index is 14.6. The molecule has 0 bridgehead atoms. The summed E-state index contributed by atoms with van der Waals surface area (Å²) in [5, 5.41) is 11.6. The molecule has 0 spiro atoms. The van der Waals surface area contributed by atoms with Crippen LogP contribution >= 0.6 is 0 Å². The highest BCUT2D eigenvalue weighted by Crippen LogP contribution is 2.37. The second kappa shape index (κ2) is 17.8. The van der Waals surface area contributed by atoms with Crippen molar-refractivity contribution < 1.29 is 37.1 Å². The highest BCUT2D eigenvalue weighted by atomic mass is 32.2. The van der Waals surface area contributed by atoms with Crippen LogP contribution in [0.3, 0.4) is 0 Å². The van der Waals surface area contributed by atoms with E-state index in [1.54, 1.807) is 6.92 Å². The maximum absolute atomic E-state index is 14.6. The lowest BCUT2D eigenvalue weighted by Crippen LogP contribution is -2.64. The van der Waals surface area contributed by atoms with Crippen LogP contribution < -0.4 is 21.3 Å². The number of likely N-dealkylation sites (tertiary alicyclic amines) is 1. The van der Waals surface area contributed by atoms with Crippen LogP contribution in [0.4, 0.5) is 4.79 Å². The molecule has 0 aromatic carbocycles. The largest absolute Gasteiger partial charge is 0.381 e. The molecule has 4 atom stereocenters. The van der Waals surface area contributed by atoms with Crippen molar-refractivity contribution in [2.45, 2.75) is 173 Å². The first kappa shape index (κ1) is 43.0. The minimum atomic E-state index is -3.63. The Morgan fingerprint density at radius 3 is 2.13 bits per heavy atom. The lowest BCUT2D eigenvalue weighted by Gasteiger charge is -2.42. The van der Waals surface area contributed by atoms with Crippen molar-refractivity contribution in [2.24, 2.45) is 17.3 Å². The molecule has 53 heavy (non-hydrogen) atoms. The Morgan fingerprint density at radius 2 is 1.57 bits per heavy atom. The third-order valence-corrected chi connectivity index (χ3v) is 14.7. The normalized spacial score (nSPS) is 24.2. The number of ether oxygens (including phenoxy) is 1. The molecule has 0 aromatic heterocycles. The number of carbonyl (C=O) groups excluding carboxylic acids is 5. The summed E-state index contributed by atoms with van der Waals surface area (Å²) in [4.78, 5) is 70.4. The predicted molar refractivity (Wildman–Crippen MR) is 204 cm³/mol. The molecular weight excluding hydrogens is 699 g/mol. The molecule has 0 unspecified atom stereocenters. The third-order valence-electron chi connectivity index (χ3n) is 11.8. The predicted octanol–water partition coefficient (Wildman–Crippen LogP) is 4.17. The molecule has 302 valence electrons. The Morgan fingerprint density at radius 1 is 0.925 bits per heavy atom. The molecule has 0 aromatic rings. The van der Waals surface area contributed by atoms with Gasteiger partial charge in [-0.15, -0.1) is 0 Å². The molecule has 0 radical (unpaired) electrons. The molecule has 13 nitrogen and oxygen atoms in total. The van der Waals surface area contributed by atoms with Crippen LogP contribution in [0.2, 0.25) is 0 Å². The van der Waals surface area contributed by atoms with E-state index >= 15 is 0 Å². The van der Waals surface area contributed by atoms with Crippen LogP contribution in [-0.4, -0.2) is 103 Å². The minimum Gasteiger partial charge on any atom is -0.381 e. The van der Waals surface area contributed by atoms with Gasteiger partial charge in [-0.1, -0.05) is 73.6 Å². The number of ketones is 1. The van der Waals surface area contributed by atoms with Crippen molar-refractivity contribution in [3.05, 3.63) is 0 Å². The number of carbonyl (C=O) groups is 5. The fourth-order valence-electron chi connectivity index (χ4n) is 8.30. The zero-order valence-electron chi connectivity index (χ0n) is 33.3. The van der Waals surface area contributed by atoms with Crippen LogP contribution in [0.25, 0.3) is 0 Å². The van der Waals surface area contributed by atoms with E-state index in [9.17, 15) is 32.4 Å². The number of urea groups is 1. The van der Waals surface area contributed by atoms with Gasteiger partial charge in [0.1, 0.15) is 12.1 Å². The summed E-state index contributed by atoms with van der Waals surface area (Å²) in [5.74, 6) is -2.38. The van der Waals surface area contributed by atoms with Gasteiger partial charge in [-0.25, -0.2) is 13.2 Å². The average Bonchev–Trinajstić information content (AvgIpc) is 3.80. The van der Waals surface area contributed by atoms with Crippen LogP contribution in [-0.2, 0) is 33.8 Å². The lowest BCUT2D eigenvalue weighted by molar-refractivity contribution is -0.144. The molecule has 4 rings (SSSR count). The first-order valence-electron chi connectivity index (χ1n) is 20.2. The standard InChI is InChI=1S/C39H67N5O8S/c1-8-9-13-29(31(45)34(47)40-28-14-15-28)41-33(46)30-27(24-26(2)3)16-21-44(30)35(48)32(37(4,5)6)42-36(49)43-39(17-11-10-12-18-39)25-53(50,51)38(7)19-22-52-23-20-38/h26-30,32H,8-25H2,1-7H3,(H,40,47)(H,41,46)(H2,42,43,49)/t27-,29+,30+,32-/m1/s1. The molecule has 14 heteroatoms. The summed E-state index contributed by atoms with van der Waals surface area (Å²) >= 11 is 0. The van der Waals surface area contributed by atoms with Gasteiger partial charge in [-0.3, -0.25) is 19.2 Å². The number of hydrogen-bond acceptors (Lipinski definition) is 8. The molecule has 4 fully saturated rings. The first-order valence-corrected chi connectivity index (χ1v) is 21.8. The molecule has 2 aliphatic heterocycles. The lowest BCUT2D eigenvalue weighted by atomic mass is 9.83. The summed E-state index contributed by atoms with van der Waals surface area (Å²) in [6.07, 6.45) is 8.99. The van der Waals surface area contributed by atoms with Crippen molar-refractivity contribution >= 4 is 39.4 Å². The smallest absolute Gasteiger partial charge is 0.315 e. The van der Waals surface area contributed by atoms with Crippen molar-refractivity contribution in [1.29, 1.82) is 0 Å². The number of nitrogens with one attached hydrogen (secondary N) is 4. The van der Waals surface area contributed by atoms with E-state index in [1.807, 2.05) is 27.7 Å². The van der Waals surface area contributed by atoms with Crippen LogP contribution in [0.1, 0.15) is 138 Å². The second-order valence-electron chi connectivity index (χ2n) is 18.0. The van der Waals surface area contributed by atoms with E-state index in [2.05, 4.69) is 35.1 Å². The van der Waals surface area contributed by atoms with Crippen LogP contribution in [0.5, 0.6) is 0 Å². The van der Waals surface area contributed by atoms with Gasteiger partial charge < -0.3 is 30.9 Å². The molecule has 4 N–H and O–H groups in total. The third kappa shape index (κ3) is 11.2. The number of rotatable bonds is 16. The van der Waals surface area contributed by atoms with Gasteiger partial charge in [0.05, 0.1) is 22.1 Å². The second-order valence-corrected chi connectivity index (χ2v) is 20.5. The van der Waals surface area contributed by atoms with Crippen LogP contribution in [0.15, 0.2) is 0 Å². The van der Waals surface area contributed by atoms with Gasteiger partial charge in [0, 0.05) is 25.8 Å². The minimum absolute atomic E-state index is 0.000884. The quantitative estimate of drug-likeness (QED) is 0.169. The summed E-state index contributed by atoms with van der Waals surface area (Å²) < 4.78 is 32.4. The van der Waals surface area contributed by atoms with Gasteiger partial charge >= 0.3 is 6.03 Å². The molecule has 2 aliphatic carbocycles. The Kier molecular flexibility index (Phi) is 14.4. The van der Waals surface area contributed by atoms with E-state index in [-0.39, 0.29) is 23.6 Å². The fraction of sp³-hybridized carbons (Fsp3) is 0.872. The molecule has 2 heterocycles. The van der Waals surface area contributed by atoms with Crippen LogP contribution in [0, 0.1) is 17.3 Å². The van der Waals surface area contributed by atoms with Gasteiger partial charge in [0.25, 0.3) is 5.91 Å². The Balaban J connectivity index is 1.55. The zero-order valence-corrected chi connectivity index (χ0v) is 34.1. The average molecular weight is 766 g/mol. The number of hydrogen-bond donors (Lipinski definition) is 4. The number of amides is 5. The van der Waals surface area contributed by atoms with E-state index in [4.69, 9.17) is 4.74 Å². The SMILES string of the molecule is CCCC[C@H](NC(=O)[C@@H]1[C@@H](CC(C)C)CCN1C(=O)[C@@H](NC(=O)NC1(CS(=O)(=O)C2(C)CCOCC2)CCCCC1)C(C)(C)C)C(=O)C(=O)NC1CC1. The van der Waals surface area contributed by atoms with Crippen molar-refractivity contribution in [3.63, 3.8) is 0 Å². The Bertz CT molecular complexity index is 1430. The summed E-state index contributed by atoms with van der Waals surface area (Å²) in [7, 11) is -3.63. The number of unbranched alkanes of at least 4 members (excludes halogenated alkanes) is 1. The monoisotopic (exact) mass is 765 g/mol. The van der Waals surface area contributed by atoms with Gasteiger partial charge in [0.15, 0.2) is 9.84 Å². The highest BCUT2D eigenvalue weighted by molar-refractivity contribution is 7.92. The summed E-state index contributed by atoms with van der Waals surface area (Å²) in [6, 6.07) is -3.55. The Hall–Kier alpha value is -2.74. The molecular formula is C39H67N5O8S. The van der Waals surface area contributed by atoms with Gasteiger partial charge in [-0.2, -0.15) is 0 Å². The van der Waals surface area contributed by atoms with Crippen molar-refractivity contribution in [2.75, 3.05) is 25.5 Å². The Labute approximate surface area is 317 Å². The summed E-state index contributed by atoms with van der Waals surface area (Å²) in [6.45, 7) is 14.5. The zero-order chi connectivity index (χ0) is 39.2. The highest BCUT2D eigenvalue weighted by Gasteiger charge is 2.49. The topological polar surface area (TPSA) is 180 Å². The molecule has 5 amide bonds. The van der Waals surface area contributed by atoms with Gasteiger partial charge in [-0.05, 0) is 82.0 Å². The van der Waals surface area contributed by atoms with E-state index in [0.717, 1.165) is 38.5 Å². The van der Waals surface area contributed by atoms with E-state index in [0.29, 0.717) is 71.1 Å². The molecule has 2 saturated carbocycles. The maximum Gasteiger partial charge on any atom is 0.315 e. The van der Waals surface area contributed by atoms with E-state index < -0.39 is 73.2 Å². The number of Topliss-reactive ketones (excluding diaryl/α,β-unsaturated/α-hetero) is 1. The molecule has 4 aliphatic rings. The number of sulfone groups is 1. The first-order chi connectivity index (χ1) is 24.8. The van der Waals surface area contributed by atoms with Crippen molar-refractivity contribution in [3.8, 4) is 0 Å². The summed E-state index contributed by atoms with van der Waals surface area (Å²) in [5.41, 5.74) is -1.74. The fourth-order valence-corrected chi connectivity index (χ4v) is 10.5. The van der Waals surface area contributed by atoms with Crippen molar-refractivity contribution in [1.82, 2.24) is 26.2 Å². The number of nitrogens with zero attached hydrogens (tertiary/aromatic N) is 1.